The highest BCUT2D eigenvalue weighted by molar-refractivity contribution is 5.83. The Morgan fingerprint density at radius 1 is 1.05 bits per heavy atom. The predicted octanol–water partition coefficient (Wildman–Crippen LogP) is 3.12. The predicted molar refractivity (Wildman–Crippen MR) is 76.9 cm³/mol. The number of rotatable bonds is 3. The van der Waals surface area contributed by atoms with Gasteiger partial charge in [0, 0.05) is 29.9 Å². The van der Waals surface area contributed by atoms with E-state index in [1.54, 1.807) is 12.4 Å². The molecule has 3 rings (SSSR count). The van der Waals surface area contributed by atoms with Crippen molar-refractivity contribution in [2.24, 2.45) is 0 Å². The molecule has 0 aliphatic carbocycles. The molecule has 1 N–H and O–H groups in total. The molecule has 0 saturated heterocycles. The summed E-state index contributed by atoms with van der Waals surface area (Å²) in [6.07, 6.45) is 3.57. The number of nitrogens with one attached hydrogen (secondary N) is 1. The summed E-state index contributed by atoms with van der Waals surface area (Å²) in [5, 5.41) is 4.25. The van der Waals surface area contributed by atoms with E-state index < -0.39 is 0 Å². The molecule has 2 aromatic heterocycles. The third-order valence-electron chi connectivity index (χ3n) is 2.89. The van der Waals surface area contributed by atoms with E-state index in [-0.39, 0.29) is 0 Å². The summed E-state index contributed by atoms with van der Waals surface area (Å²) in [6, 6.07) is 12.1. The van der Waals surface area contributed by atoms with Crippen LogP contribution in [0.3, 0.4) is 0 Å². The van der Waals surface area contributed by atoms with Crippen molar-refractivity contribution < 1.29 is 0 Å². The molecular weight excluding hydrogens is 236 g/mol. The number of fused-ring (bicyclic) bond motifs is 1. The Kier molecular flexibility index (Phi) is 3.06. The number of hydrogen-bond acceptors (Lipinski definition) is 4. The second-order valence-electron chi connectivity index (χ2n) is 4.21. The zero-order valence-electron chi connectivity index (χ0n) is 10.7. The van der Waals surface area contributed by atoms with E-state index in [1.165, 1.54) is 0 Å². The van der Waals surface area contributed by atoms with Gasteiger partial charge in [-0.05, 0) is 25.1 Å². The largest absolute Gasteiger partial charge is 0.354 e. The summed E-state index contributed by atoms with van der Waals surface area (Å²) in [5.74, 6) is 0.654. The first-order valence-electron chi connectivity index (χ1n) is 6.29. The lowest BCUT2D eigenvalue weighted by Gasteiger charge is -2.05. The Balaban J connectivity index is 2.05. The Morgan fingerprint density at radius 3 is 2.89 bits per heavy atom. The van der Waals surface area contributed by atoms with Crippen LogP contribution in [0.5, 0.6) is 0 Å². The standard InChI is InChI=1S/C15H14N4/c1-2-16-15-18-9-7-13(19-15)12-6-5-11-4-3-8-17-14(11)10-12/h3-10H,2H2,1H3,(H,16,18,19). The van der Waals surface area contributed by atoms with Crippen molar-refractivity contribution in [1.82, 2.24) is 15.0 Å². The molecule has 0 spiro atoms. The summed E-state index contributed by atoms with van der Waals surface area (Å²) >= 11 is 0. The van der Waals surface area contributed by atoms with Gasteiger partial charge in [0.25, 0.3) is 0 Å². The summed E-state index contributed by atoms with van der Waals surface area (Å²) in [7, 11) is 0. The van der Waals surface area contributed by atoms with E-state index in [0.717, 1.165) is 28.7 Å². The van der Waals surface area contributed by atoms with E-state index in [1.807, 2.05) is 25.1 Å². The van der Waals surface area contributed by atoms with Gasteiger partial charge in [0.05, 0.1) is 11.2 Å². The van der Waals surface area contributed by atoms with Crippen molar-refractivity contribution in [1.29, 1.82) is 0 Å². The van der Waals surface area contributed by atoms with E-state index in [4.69, 9.17) is 0 Å². The Labute approximate surface area is 111 Å². The average molecular weight is 250 g/mol. The maximum Gasteiger partial charge on any atom is 0.223 e. The van der Waals surface area contributed by atoms with Gasteiger partial charge in [-0.3, -0.25) is 4.98 Å². The first kappa shape index (κ1) is 11.6. The zero-order valence-corrected chi connectivity index (χ0v) is 10.7. The molecule has 94 valence electrons. The van der Waals surface area contributed by atoms with Crippen LogP contribution >= 0.6 is 0 Å². The number of nitrogens with zero attached hydrogens (tertiary/aromatic N) is 3. The Morgan fingerprint density at radius 2 is 2.00 bits per heavy atom. The average Bonchev–Trinajstić information content (AvgIpc) is 2.47. The highest BCUT2D eigenvalue weighted by Crippen LogP contribution is 2.22. The molecule has 3 aromatic rings. The van der Waals surface area contributed by atoms with Gasteiger partial charge in [0.1, 0.15) is 0 Å². The smallest absolute Gasteiger partial charge is 0.223 e. The van der Waals surface area contributed by atoms with Crippen molar-refractivity contribution in [2.75, 3.05) is 11.9 Å². The lowest BCUT2D eigenvalue weighted by molar-refractivity contribution is 1.09. The lowest BCUT2D eigenvalue weighted by atomic mass is 10.1. The molecule has 4 heteroatoms. The van der Waals surface area contributed by atoms with Crippen LogP contribution in [0, 0.1) is 0 Å². The topological polar surface area (TPSA) is 50.7 Å². The number of aromatic nitrogens is 3. The zero-order chi connectivity index (χ0) is 13.1. The lowest BCUT2D eigenvalue weighted by Crippen LogP contribution is -2.02. The van der Waals surface area contributed by atoms with E-state index in [0.29, 0.717) is 5.95 Å². The molecular formula is C15H14N4. The van der Waals surface area contributed by atoms with Gasteiger partial charge in [0.15, 0.2) is 0 Å². The summed E-state index contributed by atoms with van der Waals surface area (Å²) in [4.78, 5) is 13.0. The van der Waals surface area contributed by atoms with Gasteiger partial charge in [0.2, 0.25) is 5.95 Å². The first-order chi connectivity index (χ1) is 9.36. The second kappa shape index (κ2) is 5.02. The monoisotopic (exact) mass is 250 g/mol. The molecule has 1 aromatic carbocycles. The molecule has 0 amide bonds. The van der Waals surface area contributed by atoms with Crippen LogP contribution in [0.2, 0.25) is 0 Å². The third kappa shape index (κ3) is 2.38. The van der Waals surface area contributed by atoms with Gasteiger partial charge < -0.3 is 5.32 Å². The van der Waals surface area contributed by atoms with Crippen LogP contribution < -0.4 is 5.32 Å². The van der Waals surface area contributed by atoms with Crippen LogP contribution in [-0.2, 0) is 0 Å². The fourth-order valence-corrected chi connectivity index (χ4v) is 1.99. The molecule has 0 radical (unpaired) electrons. The minimum Gasteiger partial charge on any atom is -0.354 e. The van der Waals surface area contributed by atoms with E-state index >= 15 is 0 Å². The minimum absolute atomic E-state index is 0.654. The Bertz CT molecular complexity index is 709. The molecule has 0 fully saturated rings. The van der Waals surface area contributed by atoms with Crippen LogP contribution in [0.15, 0.2) is 48.8 Å². The normalized spacial score (nSPS) is 10.6. The van der Waals surface area contributed by atoms with Crippen molar-refractivity contribution in [3.05, 3.63) is 48.8 Å². The van der Waals surface area contributed by atoms with Gasteiger partial charge in [-0.2, -0.15) is 0 Å². The molecule has 0 aliphatic rings. The van der Waals surface area contributed by atoms with Gasteiger partial charge >= 0.3 is 0 Å². The first-order valence-corrected chi connectivity index (χ1v) is 6.29. The van der Waals surface area contributed by atoms with E-state index in [2.05, 4.69) is 38.5 Å². The third-order valence-corrected chi connectivity index (χ3v) is 2.89. The highest BCUT2D eigenvalue weighted by atomic mass is 15.1. The summed E-state index contributed by atoms with van der Waals surface area (Å²) < 4.78 is 0. The summed E-state index contributed by atoms with van der Waals surface area (Å²) in [6.45, 7) is 2.83. The molecule has 0 unspecified atom stereocenters. The molecule has 0 aliphatic heterocycles. The van der Waals surface area contributed by atoms with Crippen LogP contribution in [0.4, 0.5) is 5.95 Å². The fourth-order valence-electron chi connectivity index (χ4n) is 1.99. The maximum absolute atomic E-state index is 4.49. The number of pyridine rings is 1. The van der Waals surface area contributed by atoms with Crippen LogP contribution in [0.1, 0.15) is 6.92 Å². The highest BCUT2D eigenvalue weighted by Gasteiger charge is 2.03. The van der Waals surface area contributed by atoms with Gasteiger partial charge in [-0.1, -0.05) is 18.2 Å². The number of hydrogen-bond donors (Lipinski definition) is 1. The molecule has 4 nitrogen and oxygen atoms in total. The van der Waals surface area contributed by atoms with Crippen molar-refractivity contribution in [2.45, 2.75) is 6.92 Å². The number of benzene rings is 1. The molecule has 0 bridgehead atoms. The molecule has 19 heavy (non-hydrogen) atoms. The SMILES string of the molecule is CCNc1nccc(-c2ccc3cccnc3c2)n1. The van der Waals surface area contributed by atoms with Gasteiger partial charge in [-0.25, -0.2) is 9.97 Å². The fraction of sp³-hybridized carbons (Fsp3) is 0.133. The Hall–Kier alpha value is -2.49. The van der Waals surface area contributed by atoms with Crippen LogP contribution in [0.25, 0.3) is 22.2 Å². The maximum atomic E-state index is 4.49. The van der Waals surface area contributed by atoms with Crippen molar-refractivity contribution >= 4 is 16.9 Å². The molecule has 0 saturated carbocycles. The molecule has 2 heterocycles. The van der Waals surface area contributed by atoms with Crippen LogP contribution in [-0.4, -0.2) is 21.5 Å². The van der Waals surface area contributed by atoms with E-state index in [9.17, 15) is 0 Å². The van der Waals surface area contributed by atoms with Gasteiger partial charge in [-0.15, -0.1) is 0 Å². The quantitative estimate of drug-likeness (QED) is 0.776. The number of anilines is 1. The second-order valence-corrected chi connectivity index (χ2v) is 4.21. The summed E-state index contributed by atoms with van der Waals surface area (Å²) in [5.41, 5.74) is 2.93. The van der Waals surface area contributed by atoms with Crippen molar-refractivity contribution in [3.63, 3.8) is 0 Å². The minimum atomic E-state index is 0.654. The molecule has 0 atom stereocenters. The van der Waals surface area contributed by atoms with Crippen molar-refractivity contribution in [3.8, 4) is 11.3 Å².